The number of likely N-dealkylation sites (N-methyl/N-ethyl adjacent to an activating group) is 2. The third-order valence-corrected chi connectivity index (χ3v) is 4.40. The summed E-state index contributed by atoms with van der Waals surface area (Å²) in [4.78, 5) is 30.3. The van der Waals surface area contributed by atoms with E-state index in [2.05, 4.69) is 4.90 Å². The van der Waals surface area contributed by atoms with E-state index in [9.17, 15) is 14.0 Å². The molecule has 1 aromatic carbocycles. The number of carbonyl (C=O) groups excluding carboxylic acids is 2. The number of aryl methyl sites for hydroxylation is 1. The Labute approximate surface area is 143 Å². The summed E-state index contributed by atoms with van der Waals surface area (Å²) >= 11 is 0. The maximum absolute atomic E-state index is 12.9. The van der Waals surface area contributed by atoms with Gasteiger partial charge in [0.15, 0.2) is 0 Å². The molecular formula is C18H26FN3O2. The third-order valence-electron chi connectivity index (χ3n) is 4.40. The largest absolute Gasteiger partial charge is 0.347 e. The molecule has 1 aliphatic rings. The van der Waals surface area contributed by atoms with E-state index in [1.165, 1.54) is 12.1 Å². The molecule has 0 aromatic heterocycles. The molecule has 0 bridgehead atoms. The fourth-order valence-electron chi connectivity index (χ4n) is 2.97. The molecule has 132 valence electrons. The van der Waals surface area contributed by atoms with Gasteiger partial charge in [-0.3, -0.25) is 9.59 Å². The van der Waals surface area contributed by atoms with Crippen LogP contribution >= 0.6 is 0 Å². The number of carbonyl (C=O) groups is 2. The van der Waals surface area contributed by atoms with Gasteiger partial charge in [-0.1, -0.05) is 12.1 Å². The SMILES string of the molecule is CN1CCN(C(=O)CCCc2ccc(F)cc2)C(C(=O)N(C)C)C1. The lowest BCUT2D eigenvalue weighted by Gasteiger charge is -2.40. The number of hydrogen-bond donors (Lipinski definition) is 0. The van der Waals surface area contributed by atoms with Gasteiger partial charge in [0.1, 0.15) is 11.9 Å². The lowest BCUT2D eigenvalue weighted by Crippen LogP contribution is -2.59. The number of nitrogens with zero attached hydrogens (tertiary/aromatic N) is 3. The van der Waals surface area contributed by atoms with Crippen molar-refractivity contribution in [1.82, 2.24) is 14.7 Å². The van der Waals surface area contributed by atoms with Crippen LogP contribution in [0.1, 0.15) is 18.4 Å². The Hall–Kier alpha value is -1.95. The van der Waals surface area contributed by atoms with Gasteiger partial charge >= 0.3 is 0 Å². The molecule has 0 spiro atoms. The van der Waals surface area contributed by atoms with E-state index in [0.717, 1.165) is 18.5 Å². The fraction of sp³-hybridized carbons (Fsp3) is 0.556. The summed E-state index contributed by atoms with van der Waals surface area (Å²) in [6.07, 6.45) is 1.82. The second-order valence-electron chi connectivity index (χ2n) is 6.58. The minimum atomic E-state index is -0.405. The highest BCUT2D eigenvalue weighted by atomic mass is 19.1. The Kier molecular flexibility index (Phi) is 6.31. The number of hydrogen-bond acceptors (Lipinski definition) is 3. The first-order valence-corrected chi connectivity index (χ1v) is 8.32. The molecular weight excluding hydrogens is 309 g/mol. The molecule has 1 unspecified atom stereocenters. The number of piperazine rings is 1. The summed E-state index contributed by atoms with van der Waals surface area (Å²) in [6, 6.07) is 5.95. The molecule has 1 aliphatic heterocycles. The van der Waals surface area contributed by atoms with Crippen LogP contribution in [-0.2, 0) is 16.0 Å². The zero-order valence-corrected chi connectivity index (χ0v) is 14.7. The van der Waals surface area contributed by atoms with Crippen LogP contribution in [0.15, 0.2) is 24.3 Å². The van der Waals surface area contributed by atoms with Gasteiger partial charge in [-0.2, -0.15) is 0 Å². The van der Waals surface area contributed by atoms with Crippen LogP contribution in [0.3, 0.4) is 0 Å². The van der Waals surface area contributed by atoms with E-state index >= 15 is 0 Å². The first-order valence-electron chi connectivity index (χ1n) is 8.32. The van der Waals surface area contributed by atoms with E-state index in [1.807, 2.05) is 7.05 Å². The summed E-state index contributed by atoms with van der Waals surface area (Å²) in [7, 11) is 5.40. The van der Waals surface area contributed by atoms with Crippen LogP contribution in [0.25, 0.3) is 0 Å². The monoisotopic (exact) mass is 335 g/mol. The van der Waals surface area contributed by atoms with Crippen molar-refractivity contribution in [2.24, 2.45) is 0 Å². The van der Waals surface area contributed by atoms with E-state index in [-0.39, 0.29) is 17.6 Å². The second-order valence-corrected chi connectivity index (χ2v) is 6.58. The van der Waals surface area contributed by atoms with Gasteiger partial charge in [-0.25, -0.2) is 4.39 Å². The van der Waals surface area contributed by atoms with Gasteiger partial charge in [0, 0.05) is 40.2 Å². The zero-order chi connectivity index (χ0) is 17.7. The Balaban J connectivity index is 1.91. The maximum Gasteiger partial charge on any atom is 0.246 e. The van der Waals surface area contributed by atoms with Crippen LogP contribution < -0.4 is 0 Å². The van der Waals surface area contributed by atoms with Gasteiger partial charge in [0.2, 0.25) is 11.8 Å². The van der Waals surface area contributed by atoms with Gasteiger partial charge in [0.05, 0.1) is 0 Å². The van der Waals surface area contributed by atoms with Crippen molar-refractivity contribution in [3.05, 3.63) is 35.6 Å². The van der Waals surface area contributed by atoms with Crippen molar-refractivity contribution < 1.29 is 14.0 Å². The average Bonchev–Trinajstić information content (AvgIpc) is 2.55. The molecule has 1 saturated heterocycles. The molecule has 6 heteroatoms. The molecule has 0 N–H and O–H groups in total. The summed E-state index contributed by atoms with van der Waals surface area (Å²) in [6.45, 7) is 1.93. The molecule has 24 heavy (non-hydrogen) atoms. The summed E-state index contributed by atoms with van der Waals surface area (Å²) in [5.74, 6) is -0.267. The fourth-order valence-corrected chi connectivity index (χ4v) is 2.97. The van der Waals surface area contributed by atoms with E-state index in [4.69, 9.17) is 0 Å². The van der Waals surface area contributed by atoms with Gasteiger partial charge in [0.25, 0.3) is 0 Å². The van der Waals surface area contributed by atoms with Crippen LogP contribution in [0, 0.1) is 5.82 Å². The lowest BCUT2D eigenvalue weighted by atomic mass is 10.1. The molecule has 1 atom stereocenters. The molecule has 2 amide bonds. The second kappa shape index (κ2) is 8.24. The molecule has 1 heterocycles. The summed E-state index contributed by atoms with van der Waals surface area (Å²) < 4.78 is 12.9. The Morgan fingerprint density at radius 3 is 2.50 bits per heavy atom. The van der Waals surface area contributed by atoms with Crippen molar-refractivity contribution in [2.75, 3.05) is 40.8 Å². The molecule has 0 saturated carbocycles. The number of benzene rings is 1. The highest BCUT2D eigenvalue weighted by Gasteiger charge is 2.34. The number of amides is 2. The van der Waals surface area contributed by atoms with E-state index in [0.29, 0.717) is 25.9 Å². The highest BCUT2D eigenvalue weighted by Crippen LogP contribution is 2.14. The molecule has 1 fully saturated rings. The van der Waals surface area contributed by atoms with Gasteiger partial charge < -0.3 is 14.7 Å². The van der Waals surface area contributed by atoms with Crippen molar-refractivity contribution in [1.29, 1.82) is 0 Å². The number of rotatable bonds is 5. The van der Waals surface area contributed by atoms with Crippen LogP contribution in [-0.4, -0.2) is 73.3 Å². The summed E-state index contributed by atoms with van der Waals surface area (Å²) in [5.41, 5.74) is 1.02. The van der Waals surface area contributed by atoms with Crippen LogP contribution in [0.5, 0.6) is 0 Å². The molecule has 1 aromatic rings. The maximum atomic E-state index is 12.9. The molecule has 0 aliphatic carbocycles. The minimum Gasteiger partial charge on any atom is -0.347 e. The zero-order valence-electron chi connectivity index (χ0n) is 14.7. The van der Waals surface area contributed by atoms with Crippen LogP contribution in [0.4, 0.5) is 4.39 Å². The standard InChI is InChI=1S/C18H26FN3O2/c1-20(2)18(24)16-13-21(3)11-12-22(16)17(23)6-4-5-14-7-9-15(19)10-8-14/h7-10,16H,4-6,11-13H2,1-3H3. The first-order chi connectivity index (χ1) is 11.4. The Bertz CT molecular complexity index is 574. The molecule has 0 radical (unpaired) electrons. The normalized spacial score (nSPS) is 18.5. The van der Waals surface area contributed by atoms with E-state index in [1.54, 1.807) is 36.0 Å². The molecule has 5 nitrogen and oxygen atoms in total. The smallest absolute Gasteiger partial charge is 0.246 e. The van der Waals surface area contributed by atoms with Crippen molar-refractivity contribution in [2.45, 2.75) is 25.3 Å². The van der Waals surface area contributed by atoms with Crippen molar-refractivity contribution in [3.8, 4) is 0 Å². The highest BCUT2D eigenvalue weighted by molar-refractivity contribution is 5.88. The predicted octanol–water partition coefficient (Wildman–Crippen LogP) is 1.38. The van der Waals surface area contributed by atoms with Crippen molar-refractivity contribution >= 4 is 11.8 Å². The topological polar surface area (TPSA) is 43.9 Å². The number of halogens is 1. The summed E-state index contributed by atoms with van der Waals surface area (Å²) in [5, 5.41) is 0. The van der Waals surface area contributed by atoms with E-state index < -0.39 is 6.04 Å². The van der Waals surface area contributed by atoms with Gasteiger partial charge in [-0.05, 0) is 37.6 Å². The van der Waals surface area contributed by atoms with Crippen LogP contribution in [0.2, 0.25) is 0 Å². The van der Waals surface area contributed by atoms with Gasteiger partial charge in [-0.15, -0.1) is 0 Å². The Morgan fingerprint density at radius 1 is 1.21 bits per heavy atom. The lowest BCUT2D eigenvalue weighted by molar-refractivity contribution is -0.147. The minimum absolute atomic E-state index is 0.0189. The predicted molar refractivity (Wildman–Crippen MR) is 91.0 cm³/mol. The third kappa shape index (κ3) is 4.77. The quantitative estimate of drug-likeness (QED) is 0.817. The Morgan fingerprint density at radius 2 is 1.88 bits per heavy atom. The molecule has 2 rings (SSSR count). The first kappa shape index (κ1) is 18.4. The average molecular weight is 335 g/mol. The van der Waals surface area contributed by atoms with Crippen molar-refractivity contribution in [3.63, 3.8) is 0 Å².